The Morgan fingerprint density at radius 2 is 1.36 bits per heavy atom. The second-order valence-corrected chi connectivity index (χ2v) is 14.2. The predicted molar refractivity (Wildman–Crippen MR) is 199 cm³/mol. The molecule has 0 amide bonds. The average molecular weight is 648 g/mol. The molecule has 2 aliphatic heterocycles. The van der Waals surface area contributed by atoms with Crippen LogP contribution in [0.25, 0.3) is 55.7 Å². The lowest BCUT2D eigenvalue weighted by Gasteiger charge is -2.18. The minimum atomic E-state index is -0.615. The number of nitrogens with zero attached hydrogens (tertiary/aromatic N) is 3. The first kappa shape index (κ1) is 29.1. The fraction of sp³-hybridized carbons (Fsp3) is 0.152. The lowest BCUT2D eigenvalue weighted by atomic mass is 9.89. The van der Waals surface area contributed by atoms with Gasteiger partial charge in [0.05, 0.1) is 5.56 Å². The van der Waals surface area contributed by atoms with E-state index in [-0.39, 0.29) is 0 Å². The lowest BCUT2D eigenvalue weighted by molar-refractivity contribution is -0.955. The molecule has 0 bridgehead atoms. The van der Waals surface area contributed by atoms with Crippen molar-refractivity contribution in [2.24, 2.45) is 0 Å². The topological polar surface area (TPSA) is 33.8 Å². The van der Waals surface area contributed by atoms with Gasteiger partial charge in [0.25, 0.3) is 0 Å². The molecule has 4 aromatic heterocycles. The van der Waals surface area contributed by atoms with Crippen molar-refractivity contribution < 1.29 is 13.6 Å². The summed E-state index contributed by atoms with van der Waals surface area (Å²) in [6, 6.07) is 42.2. The van der Waals surface area contributed by atoms with E-state index in [2.05, 4.69) is 164 Å². The zero-order chi connectivity index (χ0) is 33.7. The maximum Gasteiger partial charge on any atom is 0.417 e. The van der Waals surface area contributed by atoms with E-state index in [9.17, 15) is 0 Å². The standard InChI is InChI=1S/C46H37N3O/c1-28-14-19-34(30(3)24-28)38-25-42-43-40(22-21-35-36-20-18-33(47-45(36)50-44(35)43)17-16-32-10-6-5-7-11-32)46(49(42)27-31(38)4)39-13-9-8-12-37(39)41-23-15-29(2)26-48(41)46/h5-15,18-27H,16-17H2,1-4H3/q+2. The Balaban J connectivity index is 1.26. The van der Waals surface area contributed by atoms with Gasteiger partial charge in [0.2, 0.25) is 17.1 Å². The summed E-state index contributed by atoms with van der Waals surface area (Å²) in [5, 5.41) is 2.15. The van der Waals surface area contributed by atoms with E-state index in [4.69, 9.17) is 9.40 Å². The van der Waals surface area contributed by atoms with Gasteiger partial charge in [-0.3, -0.25) is 0 Å². The van der Waals surface area contributed by atoms with E-state index in [1.807, 2.05) is 0 Å². The molecule has 1 spiro atoms. The molecule has 0 saturated carbocycles. The van der Waals surface area contributed by atoms with Crippen molar-refractivity contribution in [3.8, 4) is 33.6 Å². The summed E-state index contributed by atoms with van der Waals surface area (Å²) in [5.74, 6) is 0. The van der Waals surface area contributed by atoms with Crippen LogP contribution in [0.5, 0.6) is 0 Å². The summed E-state index contributed by atoms with van der Waals surface area (Å²) in [4.78, 5) is 5.10. The van der Waals surface area contributed by atoms with Crippen molar-refractivity contribution in [2.45, 2.75) is 46.2 Å². The van der Waals surface area contributed by atoms with Crippen LogP contribution in [-0.2, 0) is 18.5 Å². The zero-order valence-corrected chi connectivity index (χ0v) is 28.8. The minimum Gasteiger partial charge on any atom is -0.437 e. The maximum atomic E-state index is 6.93. The third-order valence-corrected chi connectivity index (χ3v) is 11.0. The molecule has 0 aliphatic carbocycles. The molecule has 4 nitrogen and oxygen atoms in total. The number of pyridine rings is 3. The van der Waals surface area contributed by atoms with Crippen LogP contribution in [0.1, 0.15) is 44.6 Å². The van der Waals surface area contributed by atoms with E-state index >= 15 is 0 Å². The van der Waals surface area contributed by atoms with Crippen LogP contribution in [0.15, 0.2) is 132 Å². The molecule has 0 fully saturated rings. The van der Waals surface area contributed by atoms with Gasteiger partial charge in [-0.05, 0) is 105 Å². The Labute approximate surface area is 291 Å². The van der Waals surface area contributed by atoms with Crippen LogP contribution in [-0.4, -0.2) is 4.98 Å². The summed E-state index contributed by atoms with van der Waals surface area (Å²) in [5.41, 5.74) is 18.1. The van der Waals surface area contributed by atoms with Gasteiger partial charge in [-0.1, -0.05) is 66.2 Å². The molecule has 10 rings (SSSR count). The molecule has 4 heteroatoms. The second kappa shape index (κ2) is 10.6. The Kier molecular flexibility index (Phi) is 6.14. The van der Waals surface area contributed by atoms with E-state index < -0.39 is 5.66 Å². The third kappa shape index (κ3) is 3.96. The molecule has 8 aromatic rings. The molecular formula is C46H37N3O+2. The van der Waals surface area contributed by atoms with Crippen molar-refractivity contribution in [1.82, 2.24) is 4.98 Å². The van der Waals surface area contributed by atoms with Crippen molar-refractivity contribution in [3.63, 3.8) is 0 Å². The van der Waals surface area contributed by atoms with E-state index in [1.165, 1.54) is 61.3 Å². The zero-order valence-electron chi connectivity index (χ0n) is 28.8. The molecule has 1 atom stereocenters. The molecule has 0 saturated heterocycles. The van der Waals surface area contributed by atoms with Crippen molar-refractivity contribution >= 4 is 22.1 Å². The Bertz CT molecular complexity index is 2700. The first-order chi connectivity index (χ1) is 24.4. The number of benzene rings is 4. The summed E-state index contributed by atoms with van der Waals surface area (Å²) >= 11 is 0. The van der Waals surface area contributed by atoms with Crippen LogP contribution in [0, 0.1) is 27.7 Å². The van der Waals surface area contributed by atoms with Crippen LogP contribution >= 0.6 is 0 Å². The van der Waals surface area contributed by atoms with Gasteiger partial charge in [-0.15, -0.1) is 9.13 Å². The van der Waals surface area contributed by atoms with Crippen molar-refractivity contribution in [1.29, 1.82) is 0 Å². The number of aromatic nitrogens is 3. The second-order valence-electron chi connectivity index (χ2n) is 14.2. The molecule has 240 valence electrons. The molecule has 2 aliphatic rings. The molecule has 0 N–H and O–H groups in total. The normalized spacial score (nSPS) is 15.4. The first-order valence-electron chi connectivity index (χ1n) is 17.6. The van der Waals surface area contributed by atoms with Gasteiger partial charge in [-0.25, -0.2) is 4.98 Å². The fourth-order valence-electron chi connectivity index (χ4n) is 8.76. The molecule has 1 unspecified atom stereocenters. The lowest BCUT2D eigenvalue weighted by Crippen LogP contribution is -2.71. The molecule has 4 aromatic carbocycles. The van der Waals surface area contributed by atoms with Gasteiger partial charge < -0.3 is 4.42 Å². The summed E-state index contributed by atoms with van der Waals surface area (Å²) in [7, 11) is 0. The number of furan rings is 1. The quantitative estimate of drug-likeness (QED) is 0.178. The number of rotatable bonds is 4. The molecule has 6 heterocycles. The highest BCUT2D eigenvalue weighted by Gasteiger charge is 2.67. The molecule has 0 radical (unpaired) electrons. The Morgan fingerprint density at radius 1 is 0.580 bits per heavy atom. The van der Waals surface area contributed by atoms with E-state index in [0.29, 0.717) is 5.71 Å². The van der Waals surface area contributed by atoms with Crippen LogP contribution in [0.4, 0.5) is 0 Å². The Morgan fingerprint density at radius 3 is 2.22 bits per heavy atom. The number of hydrogen-bond donors (Lipinski definition) is 0. The van der Waals surface area contributed by atoms with Crippen LogP contribution in [0.3, 0.4) is 0 Å². The summed E-state index contributed by atoms with van der Waals surface area (Å²) in [6.45, 7) is 8.82. The summed E-state index contributed by atoms with van der Waals surface area (Å²) < 4.78 is 11.9. The van der Waals surface area contributed by atoms with Gasteiger partial charge >= 0.3 is 5.66 Å². The molecule has 50 heavy (non-hydrogen) atoms. The highest BCUT2D eigenvalue weighted by molar-refractivity contribution is 6.09. The van der Waals surface area contributed by atoms with Gasteiger partial charge in [0.15, 0.2) is 18.0 Å². The van der Waals surface area contributed by atoms with E-state index in [0.717, 1.165) is 46.1 Å². The van der Waals surface area contributed by atoms with Gasteiger partial charge in [-0.2, -0.15) is 0 Å². The van der Waals surface area contributed by atoms with Crippen LogP contribution < -0.4 is 9.13 Å². The van der Waals surface area contributed by atoms with Crippen LogP contribution in [0.2, 0.25) is 0 Å². The number of fused-ring (bicyclic) bond motifs is 14. The fourth-order valence-corrected chi connectivity index (χ4v) is 8.76. The maximum absolute atomic E-state index is 6.93. The monoisotopic (exact) mass is 647 g/mol. The third-order valence-electron chi connectivity index (χ3n) is 11.0. The Hall–Kier alpha value is -5.87. The number of aryl methyl sites for hydroxylation is 6. The van der Waals surface area contributed by atoms with Crippen molar-refractivity contribution in [3.05, 3.63) is 172 Å². The first-order valence-corrected chi connectivity index (χ1v) is 17.6. The average Bonchev–Trinajstić information content (AvgIpc) is 3.74. The smallest absolute Gasteiger partial charge is 0.417 e. The highest BCUT2D eigenvalue weighted by atomic mass is 16.3. The highest BCUT2D eigenvalue weighted by Crippen LogP contribution is 2.51. The van der Waals surface area contributed by atoms with Crippen molar-refractivity contribution in [2.75, 3.05) is 0 Å². The van der Waals surface area contributed by atoms with E-state index in [1.54, 1.807) is 0 Å². The minimum absolute atomic E-state index is 0.615. The summed E-state index contributed by atoms with van der Waals surface area (Å²) in [6.07, 6.45) is 6.49. The van der Waals surface area contributed by atoms with Gasteiger partial charge in [0.1, 0.15) is 16.7 Å². The van der Waals surface area contributed by atoms with Gasteiger partial charge in [0, 0.05) is 39.7 Å². The SMILES string of the molecule is Cc1ccc(-c2cc3[n+](cc2C)C2(c4ccccc4-c4ccc(C)c[n+]42)c2ccc4c(oc5nc(CCc6ccccc6)ccc54)c2-3)c(C)c1. The predicted octanol–water partition coefficient (Wildman–Crippen LogP) is 9.50. The largest absolute Gasteiger partial charge is 0.437 e. The molecular weight excluding hydrogens is 611 g/mol. The number of hydrogen-bond acceptors (Lipinski definition) is 2.